The smallest absolute Gasteiger partial charge is 0.0175 e. The molecule has 2 unspecified atom stereocenters. The topological polar surface area (TPSA) is 12.0 Å². The Morgan fingerprint density at radius 2 is 1.52 bits per heavy atom. The van der Waals surface area contributed by atoms with Gasteiger partial charge in [-0.3, -0.25) is 0 Å². The predicted octanol–water partition coefficient (Wildman–Crippen LogP) is 4.84. The quantitative estimate of drug-likeness (QED) is 0.838. The molecule has 2 aromatic rings. The lowest BCUT2D eigenvalue weighted by Crippen LogP contribution is -2.41. The summed E-state index contributed by atoms with van der Waals surface area (Å²) < 4.78 is 1.17. The Hall–Kier alpha value is -1.12. The van der Waals surface area contributed by atoms with E-state index in [1.165, 1.54) is 34.9 Å². The molecule has 2 aromatic carbocycles. The molecule has 2 heteroatoms. The van der Waals surface area contributed by atoms with Gasteiger partial charge < -0.3 is 5.32 Å². The second kappa shape index (κ2) is 5.58. The molecule has 2 aliphatic carbocycles. The fourth-order valence-electron chi connectivity index (χ4n) is 3.51. The molecule has 0 saturated heterocycles. The van der Waals surface area contributed by atoms with Gasteiger partial charge in [0.2, 0.25) is 0 Å². The Morgan fingerprint density at radius 3 is 2.24 bits per heavy atom. The predicted molar refractivity (Wildman–Crippen MR) is 90.6 cm³/mol. The monoisotopic (exact) mass is 341 g/mol. The van der Waals surface area contributed by atoms with E-state index < -0.39 is 0 Å². The van der Waals surface area contributed by atoms with Crippen molar-refractivity contribution in [1.29, 1.82) is 0 Å². The van der Waals surface area contributed by atoms with Crippen LogP contribution in [0.15, 0.2) is 59.1 Å². The van der Waals surface area contributed by atoms with Gasteiger partial charge in [0.05, 0.1) is 0 Å². The minimum Gasteiger partial charge on any atom is -0.311 e. The van der Waals surface area contributed by atoms with Gasteiger partial charge in [-0.2, -0.15) is 0 Å². The maximum Gasteiger partial charge on any atom is 0.0175 e. The average Bonchev–Trinajstić information content (AvgIpc) is 3.24. The Morgan fingerprint density at radius 1 is 0.810 bits per heavy atom. The van der Waals surface area contributed by atoms with Crippen LogP contribution in [0, 0.1) is 0 Å². The summed E-state index contributed by atoms with van der Waals surface area (Å²) in [6, 6.07) is 21.2. The molecular formula is C19H20BrN. The molecule has 0 amide bonds. The number of benzene rings is 2. The highest BCUT2D eigenvalue weighted by molar-refractivity contribution is 9.10. The molecule has 2 fully saturated rings. The molecule has 2 atom stereocenters. The molecule has 0 bridgehead atoms. The van der Waals surface area contributed by atoms with E-state index in [-0.39, 0.29) is 0 Å². The molecule has 0 aliphatic heterocycles. The lowest BCUT2D eigenvalue weighted by Gasteiger charge is -2.36. The van der Waals surface area contributed by atoms with Crippen LogP contribution in [0.5, 0.6) is 0 Å². The third-order valence-electron chi connectivity index (χ3n) is 4.95. The van der Waals surface area contributed by atoms with Crippen molar-refractivity contribution in [3.63, 3.8) is 0 Å². The summed E-state index contributed by atoms with van der Waals surface area (Å²) in [7, 11) is 0. The molecule has 0 radical (unpaired) electrons. The van der Waals surface area contributed by atoms with Gasteiger partial charge >= 0.3 is 0 Å². The van der Waals surface area contributed by atoms with Crippen molar-refractivity contribution in [1.82, 2.24) is 5.32 Å². The van der Waals surface area contributed by atoms with Crippen LogP contribution in [0.3, 0.4) is 0 Å². The van der Waals surface area contributed by atoms with E-state index in [2.05, 4.69) is 75.8 Å². The SMILES string of the molecule is Brc1ccc(C2CC(NC3CC3c3ccccc3)C2)cc1. The fourth-order valence-corrected chi connectivity index (χ4v) is 3.78. The van der Waals surface area contributed by atoms with Gasteiger partial charge in [-0.1, -0.05) is 58.4 Å². The molecule has 2 aliphatic rings. The van der Waals surface area contributed by atoms with Crippen LogP contribution in [-0.4, -0.2) is 12.1 Å². The maximum atomic E-state index is 3.84. The van der Waals surface area contributed by atoms with Crippen LogP contribution in [0.25, 0.3) is 0 Å². The average molecular weight is 342 g/mol. The van der Waals surface area contributed by atoms with Gasteiger partial charge in [0.25, 0.3) is 0 Å². The molecule has 1 N–H and O–H groups in total. The zero-order chi connectivity index (χ0) is 14.2. The van der Waals surface area contributed by atoms with Crippen LogP contribution in [0.1, 0.15) is 42.2 Å². The summed E-state index contributed by atoms with van der Waals surface area (Å²) in [5, 5.41) is 3.84. The summed E-state index contributed by atoms with van der Waals surface area (Å²) in [6.07, 6.45) is 3.89. The number of nitrogens with one attached hydrogen (secondary N) is 1. The van der Waals surface area contributed by atoms with Gasteiger partial charge in [-0.05, 0) is 48.4 Å². The van der Waals surface area contributed by atoms with E-state index >= 15 is 0 Å². The van der Waals surface area contributed by atoms with Crippen molar-refractivity contribution in [2.45, 2.75) is 43.2 Å². The van der Waals surface area contributed by atoms with Crippen LogP contribution in [0.2, 0.25) is 0 Å². The highest BCUT2D eigenvalue weighted by Gasteiger charge is 2.42. The highest BCUT2D eigenvalue weighted by atomic mass is 79.9. The van der Waals surface area contributed by atoms with Gasteiger partial charge in [0.15, 0.2) is 0 Å². The summed E-state index contributed by atoms with van der Waals surface area (Å²) in [5.74, 6) is 1.50. The van der Waals surface area contributed by atoms with Gasteiger partial charge in [-0.25, -0.2) is 0 Å². The van der Waals surface area contributed by atoms with Crippen molar-refractivity contribution >= 4 is 15.9 Å². The van der Waals surface area contributed by atoms with Crippen LogP contribution >= 0.6 is 15.9 Å². The van der Waals surface area contributed by atoms with Gasteiger partial charge in [0, 0.05) is 22.5 Å². The number of hydrogen-bond donors (Lipinski definition) is 1. The van der Waals surface area contributed by atoms with Gasteiger partial charge in [0.1, 0.15) is 0 Å². The third-order valence-corrected chi connectivity index (χ3v) is 5.48. The van der Waals surface area contributed by atoms with Crippen LogP contribution in [0.4, 0.5) is 0 Å². The first-order valence-corrected chi connectivity index (χ1v) is 8.65. The molecule has 108 valence electrons. The van der Waals surface area contributed by atoms with E-state index in [1.54, 1.807) is 0 Å². The Bertz CT molecular complexity index is 601. The van der Waals surface area contributed by atoms with E-state index in [0.717, 1.165) is 17.9 Å². The summed E-state index contributed by atoms with van der Waals surface area (Å²) >= 11 is 3.50. The summed E-state index contributed by atoms with van der Waals surface area (Å²) in [6.45, 7) is 0. The minimum atomic E-state index is 0.711. The molecule has 21 heavy (non-hydrogen) atoms. The normalized spacial score (nSPS) is 30.7. The first-order chi connectivity index (χ1) is 10.3. The fraction of sp³-hybridized carbons (Fsp3) is 0.368. The second-order valence-electron chi connectivity index (χ2n) is 6.44. The molecule has 0 aromatic heterocycles. The lowest BCUT2D eigenvalue weighted by molar-refractivity contribution is 0.287. The number of halogens is 1. The highest BCUT2D eigenvalue weighted by Crippen LogP contribution is 2.44. The third kappa shape index (κ3) is 2.93. The molecule has 1 nitrogen and oxygen atoms in total. The van der Waals surface area contributed by atoms with E-state index in [0.29, 0.717) is 6.04 Å². The molecule has 0 heterocycles. The van der Waals surface area contributed by atoms with Crippen LogP contribution in [-0.2, 0) is 0 Å². The first-order valence-electron chi connectivity index (χ1n) is 7.86. The maximum absolute atomic E-state index is 3.84. The molecule has 2 saturated carbocycles. The second-order valence-corrected chi connectivity index (χ2v) is 7.36. The lowest BCUT2D eigenvalue weighted by atomic mass is 9.76. The Kier molecular flexibility index (Phi) is 3.60. The zero-order valence-corrected chi connectivity index (χ0v) is 13.6. The largest absolute Gasteiger partial charge is 0.311 e. The zero-order valence-electron chi connectivity index (χ0n) is 12.0. The standard InChI is InChI=1S/C19H20BrN/c20-16-8-6-13(7-9-16)15-10-17(11-15)21-19-12-18(19)14-4-2-1-3-5-14/h1-9,15,17-19,21H,10-12H2. The molecular weight excluding hydrogens is 322 g/mol. The van der Waals surface area contributed by atoms with E-state index in [1.807, 2.05) is 0 Å². The minimum absolute atomic E-state index is 0.711. The number of rotatable bonds is 4. The number of hydrogen-bond acceptors (Lipinski definition) is 1. The van der Waals surface area contributed by atoms with Crippen LogP contribution < -0.4 is 5.32 Å². The van der Waals surface area contributed by atoms with Crippen molar-refractivity contribution in [3.05, 3.63) is 70.2 Å². The summed E-state index contributed by atoms with van der Waals surface area (Å²) in [5.41, 5.74) is 2.99. The molecule has 4 rings (SSSR count). The summed E-state index contributed by atoms with van der Waals surface area (Å²) in [4.78, 5) is 0. The Labute approximate surface area is 134 Å². The van der Waals surface area contributed by atoms with Crippen molar-refractivity contribution in [2.24, 2.45) is 0 Å². The van der Waals surface area contributed by atoms with Crippen molar-refractivity contribution in [2.75, 3.05) is 0 Å². The van der Waals surface area contributed by atoms with Gasteiger partial charge in [-0.15, -0.1) is 0 Å². The van der Waals surface area contributed by atoms with E-state index in [4.69, 9.17) is 0 Å². The van der Waals surface area contributed by atoms with Crippen molar-refractivity contribution in [3.8, 4) is 0 Å². The Balaban J connectivity index is 1.27. The van der Waals surface area contributed by atoms with E-state index in [9.17, 15) is 0 Å². The van der Waals surface area contributed by atoms with Crippen molar-refractivity contribution < 1.29 is 0 Å². The molecule has 0 spiro atoms. The first kappa shape index (κ1) is 13.5.